The number of rotatable bonds is 7. The number of anilines is 1. The molecule has 1 N–H and O–H groups in total. The molecule has 8 heteroatoms. The summed E-state index contributed by atoms with van der Waals surface area (Å²) in [6.07, 6.45) is 8.27. The van der Waals surface area contributed by atoms with Crippen molar-refractivity contribution in [2.24, 2.45) is 11.3 Å². The Morgan fingerprint density at radius 1 is 1.14 bits per heavy atom. The van der Waals surface area contributed by atoms with E-state index in [1.807, 2.05) is 0 Å². The lowest BCUT2D eigenvalue weighted by Crippen LogP contribution is -2.47. The number of hydrogen-bond acceptors (Lipinski definition) is 6. The van der Waals surface area contributed by atoms with Crippen LogP contribution in [0.2, 0.25) is 0 Å². The summed E-state index contributed by atoms with van der Waals surface area (Å²) in [6, 6.07) is 4.89. The summed E-state index contributed by atoms with van der Waals surface area (Å²) in [5.74, 6) is 1.44. The Morgan fingerprint density at radius 2 is 1.89 bits per heavy atom. The minimum atomic E-state index is -0.262. The monoisotopic (exact) mass is 514 g/mol. The average molecular weight is 515 g/mol. The van der Waals surface area contributed by atoms with E-state index in [-0.39, 0.29) is 22.7 Å². The SMILES string of the molecule is CC1(C)C[C@](C)(CC(=O)N[C@H]2CC[C@H](CCN3CCN(c4noc5ccc(F)cc45)CC3)CC2)CCO1. The average Bonchev–Trinajstić information content (AvgIpc) is 3.26. The second-order valence-corrected chi connectivity index (χ2v) is 12.6. The van der Waals surface area contributed by atoms with Crippen molar-refractivity contribution < 1.29 is 18.4 Å². The predicted octanol–water partition coefficient (Wildman–Crippen LogP) is 5.14. The van der Waals surface area contributed by atoms with Gasteiger partial charge >= 0.3 is 0 Å². The zero-order chi connectivity index (χ0) is 26.0. The summed E-state index contributed by atoms with van der Waals surface area (Å²) < 4.78 is 24.9. The van der Waals surface area contributed by atoms with Crippen LogP contribution in [0.25, 0.3) is 11.0 Å². The molecule has 37 heavy (non-hydrogen) atoms. The largest absolute Gasteiger partial charge is 0.376 e. The fourth-order valence-electron chi connectivity index (χ4n) is 6.83. The highest BCUT2D eigenvalue weighted by Gasteiger charge is 2.39. The van der Waals surface area contributed by atoms with Gasteiger partial charge < -0.3 is 19.5 Å². The standard InChI is InChI=1S/C29H43FN4O3/c1-28(2)20-29(3,11-17-36-28)19-26(35)31-23-7-4-21(5-8-23)10-12-33-13-15-34(16-14-33)27-24-18-22(30)6-9-25(24)37-32-27/h6,9,18,21,23H,4-5,7-8,10-17,19-20H2,1-3H3,(H,31,35)/t21-,23-,29-/m0/s1. The van der Waals surface area contributed by atoms with Gasteiger partial charge in [-0.1, -0.05) is 12.1 Å². The van der Waals surface area contributed by atoms with E-state index < -0.39 is 0 Å². The van der Waals surface area contributed by atoms with E-state index in [1.165, 1.54) is 31.4 Å². The first-order valence-corrected chi connectivity index (χ1v) is 14.1. The molecule has 0 unspecified atom stereocenters. The fraction of sp³-hybridized carbons (Fsp3) is 0.724. The minimum Gasteiger partial charge on any atom is -0.376 e. The van der Waals surface area contributed by atoms with E-state index in [4.69, 9.17) is 9.26 Å². The molecule has 1 saturated carbocycles. The number of carbonyl (C=O) groups excluding carboxylic acids is 1. The van der Waals surface area contributed by atoms with E-state index in [9.17, 15) is 9.18 Å². The van der Waals surface area contributed by atoms with Crippen molar-refractivity contribution in [3.05, 3.63) is 24.0 Å². The molecular weight excluding hydrogens is 471 g/mol. The van der Waals surface area contributed by atoms with Gasteiger partial charge in [0, 0.05) is 45.2 Å². The fourth-order valence-corrected chi connectivity index (χ4v) is 6.83. The molecular formula is C29H43FN4O3. The molecule has 1 aromatic heterocycles. The van der Waals surface area contributed by atoms with Gasteiger partial charge in [0.25, 0.3) is 0 Å². The molecule has 1 amide bonds. The number of carbonyl (C=O) groups is 1. The van der Waals surface area contributed by atoms with E-state index >= 15 is 0 Å². The van der Waals surface area contributed by atoms with Crippen molar-refractivity contribution in [3.63, 3.8) is 0 Å². The van der Waals surface area contributed by atoms with Crippen LogP contribution in [0.4, 0.5) is 10.2 Å². The Hall–Kier alpha value is -2.19. The molecule has 0 radical (unpaired) electrons. The van der Waals surface area contributed by atoms with Crippen LogP contribution in [0.15, 0.2) is 22.7 Å². The van der Waals surface area contributed by atoms with Gasteiger partial charge in [-0.15, -0.1) is 0 Å². The second kappa shape index (κ2) is 10.9. The van der Waals surface area contributed by atoms with Gasteiger partial charge in [0.05, 0.1) is 11.0 Å². The van der Waals surface area contributed by atoms with Crippen molar-refractivity contribution in [1.29, 1.82) is 0 Å². The van der Waals surface area contributed by atoms with Crippen LogP contribution in [0.3, 0.4) is 0 Å². The van der Waals surface area contributed by atoms with Crippen LogP contribution in [-0.4, -0.2) is 66.9 Å². The van der Waals surface area contributed by atoms with Gasteiger partial charge in [-0.2, -0.15) is 0 Å². The lowest BCUT2D eigenvalue weighted by molar-refractivity contribution is -0.132. The van der Waals surface area contributed by atoms with Crippen molar-refractivity contribution in [3.8, 4) is 0 Å². The van der Waals surface area contributed by atoms with Crippen molar-refractivity contribution in [1.82, 2.24) is 15.4 Å². The smallest absolute Gasteiger partial charge is 0.220 e. The van der Waals surface area contributed by atoms with Gasteiger partial charge in [-0.05, 0) is 94.9 Å². The number of piperazine rings is 1. The Balaban J connectivity index is 1.00. The first-order valence-electron chi connectivity index (χ1n) is 14.1. The predicted molar refractivity (Wildman–Crippen MR) is 143 cm³/mol. The topological polar surface area (TPSA) is 70.8 Å². The lowest BCUT2D eigenvalue weighted by atomic mass is 9.73. The third-order valence-electron chi connectivity index (χ3n) is 8.79. The molecule has 1 aromatic carbocycles. The maximum atomic E-state index is 13.7. The quantitative estimate of drug-likeness (QED) is 0.552. The highest BCUT2D eigenvalue weighted by Crippen LogP contribution is 2.41. The normalized spacial score (nSPS) is 28.9. The van der Waals surface area contributed by atoms with E-state index in [0.29, 0.717) is 18.0 Å². The van der Waals surface area contributed by atoms with Gasteiger partial charge in [0.1, 0.15) is 5.82 Å². The Morgan fingerprint density at radius 3 is 2.62 bits per heavy atom. The summed E-state index contributed by atoms with van der Waals surface area (Å²) in [7, 11) is 0. The molecule has 3 aliphatic rings. The van der Waals surface area contributed by atoms with Crippen LogP contribution < -0.4 is 10.2 Å². The Kier molecular flexibility index (Phi) is 7.78. The van der Waals surface area contributed by atoms with Crippen molar-refractivity contribution in [2.75, 3.05) is 44.2 Å². The molecule has 1 aliphatic carbocycles. The van der Waals surface area contributed by atoms with Crippen LogP contribution in [0.5, 0.6) is 0 Å². The Bertz CT molecular complexity index is 1070. The van der Waals surface area contributed by atoms with Crippen LogP contribution >= 0.6 is 0 Å². The molecule has 2 saturated heterocycles. The highest BCUT2D eigenvalue weighted by molar-refractivity contribution is 5.88. The molecule has 0 spiro atoms. The number of aromatic nitrogens is 1. The molecule has 204 valence electrons. The zero-order valence-electron chi connectivity index (χ0n) is 22.7. The Labute approximate surface area is 220 Å². The lowest BCUT2D eigenvalue weighted by Gasteiger charge is -2.42. The summed E-state index contributed by atoms with van der Waals surface area (Å²) in [5, 5.41) is 8.30. The first-order chi connectivity index (χ1) is 17.7. The number of benzene rings is 1. The maximum absolute atomic E-state index is 13.7. The molecule has 5 rings (SSSR count). The summed E-state index contributed by atoms with van der Waals surface area (Å²) in [5.41, 5.74) is 0.527. The number of hydrogen-bond donors (Lipinski definition) is 1. The third kappa shape index (κ3) is 6.63. The maximum Gasteiger partial charge on any atom is 0.220 e. The molecule has 2 aliphatic heterocycles. The van der Waals surface area contributed by atoms with E-state index in [1.54, 1.807) is 6.07 Å². The van der Waals surface area contributed by atoms with Crippen LogP contribution in [0.1, 0.15) is 72.1 Å². The second-order valence-electron chi connectivity index (χ2n) is 12.6. The summed E-state index contributed by atoms with van der Waals surface area (Å²) in [6.45, 7) is 12.1. The number of fused-ring (bicyclic) bond motifs is 1. The number of ether oxygens (including phenoxy) is 1. The minimum absolute atomic E-state index is 0.0318. The molecule has 0 bridgehead atoms. The van der Waals surface area contributed by atoms with E-state index in [2.05, 4.69) is 41.0 Å². The molecule has 3 fully saturated rings. The first kappa shape index (κ1) is 26.4. The van der Waals surface area contributed by atoms with Gasteiger partial charge in [-0.3, -0.25) is 9.69 Å². The van der Waals surface area contributed by atoms with Crippen LogP contribution in [0, 0.1) is 17.2 Å². The molecule has 1 atom stereocenters. The number of amides is 1. The molecule has 3 heterocycles. The number of nitrogens with zero attached hydrogens (tertiary/aromatic N) is 3. The van der Waals surface area contributed by atoms with Gasteiger partial charge in [0.2, 0.25) is 5.91 Å². The van der Waals surface area contributed by atoms with Gasteiger partial charge in [-0.25, -0.2) is 4.39 Å². The summed E-state index contributed by atoms with van der Waals surface area (Å²) >= 11 is 0. The van der Waals surface area contributed by atoms with E-state index in [0.717, 1.165) is 82.1 Å². The highest BCUT2D eigenvalue weighted by atomic mass is 19.1. The summed E-state index contributed by atoms with van der Waals surface area (Å²) in [4.78, 5) is 17.6. The van der Waals surface area contributed by atoms with Gasteiger partial charge in [0.15, 0.2) is 11.4 Å². The zero-order valence-corrected chi connectivity index (χ0v) is 22.7. The molecule has 2 aromatic rings. The number of nitrogens with one attached hydrogen (secondary N) is 1. The molecule has 7 nitrogen and oxygen atoms in total. The van der Waals surface area contributed by atoms with Crippen molar-refractivity contribution in [2.45, 2.75) is 83.8 Å². The number of halogens is 1. The van der Waals surface area contributed by atoms with Crippen molar-refractivity contribution >= 4 is 22.7 Å². The third-order valence-corrected chi connectivity index (χ3v) is 8.79. The van der Waals surface area contributed by atoms with Crippen LogP contribution in [-0.2, 0) is 9.53 Å².